The van der Waals surface area contributed by atoms with E-state index >= 15 is 0 Å². The number of guanidine groups is 1. The van der Waals surface area contributed by atoms with Crippen molar-refractivity contribution in [2.75, 3.05) is 13.2 Å². The molecule has 0 bridgehead atoms. The van der Waals surface area contributed by atoms with Gasteiger partial charge >= 0.3 is 5.97 Å². The molecule has 0 aromatic heterocycles. The van der Waals surface area contributed by atoms with Crippen molar-refractivity contribution in [3.63, 3.8) is 0 Å². The first-order valence-electron chi connectivity index (χ1n) is 16.7. The lowest BCUT2D eigenvalue weighted by Gasteiger charge is -2.42. The zero-order valence-electron chi connectivity index (χ0n) is 26.9. The van der Waals surface area contributed by atoms with Crippen LogP contribution in [-0.2, 0) is 27.5 Å². The van der Waals surface area contributed by atoms with Gasteiger partial charge in [-0.1, -0.05) is 56.2 Å². The Morgan fingerprint density at radius 1 is 0.932 bits per heavy atom. The molecule has 44 heavy (non-hydrogen) atoms. The van der Waals surface area contributed by atoms with Crippen LogP contribution in [0.4, 0.5) is 5.69 Å². The number of ether oxygens (including phenoxy) is 2. The van der Waals surface area contributed by atoms with Gasteiger partial charge in [-0.05, 0) is 87.8 Å². The zero-order chi connectivity index (χ0) is 31.1. The molecule has 3 aliphatic rings. The summed E-state index contributed by atoms with van der Waals surface area (Å²) in [6.07, 6.45) is 13.4. The van der Waals surface area contributed by atoms with Gasteiger partial charge in [-0.2, -0.15) is 0 Å². The number of carbonyl (C=O) groups is 2. The number of nitrogens with two attached hydrogens (primary N) is 1. The summed E-state index contributed by atoms with van der Waals surface area (Å²) in [5, 5.41) is 0. The normalized spacial score (nSPS) is 17.5. The number of rotatable bonds is 11. The monoisotopic (exact) mass is 602 g/mol. The third-order valence-corrected chi connectivity index (χ3v) is 9.54. The first-order valence-corrected chi connectivity index (χ1v) is 16.7. The van der Waals surface area contributed by atoms with Gasteiger partial charge in [-0.15, -0.1) is 0 Å². The molecule has 2 N–H and O–H groups in total. The third-order valence-electron chi connectivity index (χ3n) is 9.54. The number of amides is 1. The average molecular weight is 603 g/mol. The predicted molar refractivity (Wildman–Crippen MR) is 174 cm³/mol. The minimum absolute atomic E-state index is 0.0183. The Kier molecular flexibility index (Phi) is 10.8. The van der Waals surface area contributed by atoms with E-state index in [-0.39, 0.29) is 19.1 Å². The Morgan fingerprint density at radius 3 is 2.20 bits per heavy atom. The number of benzene rings is 2. The van der Waals surface area contributed by atoms with E-state index in [0.717, 1.165) is 59.4 Å². The Labute approximate surface area is 263 Å². The highest BCUT2D eigenvalue weighted by atomic mass is 16.5. The highest BCUT2D eigenvalue weighted by molar-refractivity contribution is 5.87. The van der Waals surface area contributed by atoms with Crippen LogP contribution in [0.1, 0.15) is 105 Å². The minimum Gasteiger partial charge on any atom is -0.494 e. The fraction of sp³-hybridized carbons (Fsp3) is 0.583. The van der Waals surface area contributed by atoms with E-state index in [1.54, 1.807) is 4.90 Å². The molecule has 0 spiro atoms. The van der Waals surface area contributed by atoms with Crippen molar-refractivity contribution in [1.29, 1.82) is 0 Å². The molecule has 0 unspecified atom stereocenters. The van der Waals surface area contributed by atoms with Crippen molar-refractivity contribution in [3.8, 4) is 5.75 Å². The summed E-state index contributed by atoms with van der Waals surface area (Å²) in [4.78, 5) is 34.8. The third kappa shape index (κ3) is 8.13. The van der Waals surface area contributed by atoms with Gasteiger partial charge in [0, 0.05) is 30.6 Å². The summed E-state index contributed by atoms with van der Waals surface area (Å²) >= 11 is 0. The molecule has 2 saturated carbocycles. The number of fused-ring (bicyclic) bond motifs is 1. The van der Waals surface area contributed by atoms with Gasteiger partial charge in [0.2, 0.25) is 5.91 Å². The average Bonchev–Trinajstić information content (AvgIpc) is 3.00. The van der Waals surface area contributed by atoms with E-state index in [0.29, 0.717) is 49.9 Å². The molecule has 238 valence electrons. The van der Waals surface area contributed by atoms with Crippen LogP contribution in [0.5, 0.6) is 5.75 Å². The van der Waals surface area contributed by atoms with E-state index in [4.69, 9.17) is 15.2 Å². The van der Waals surface area contributed by atoms with E-state index in [9.17, 15) is 9.59 Å². The van der Waals surface area contributed by atoms with Crippen LogP contribution in [0, 0.1) is 20.8 Å². The summed E-state index contributed by atoms with van der Waals surface area (Å²) in [5.74, 6) is 0.984. The van der Waals surface area contributed by atoms with Gasteiger partial charge in [0.25, 0.3) is 0 Å². The first kappa shape index (κ1) is 31.9. The Morgan fingerprint density at radius 2 is 1.57 bits per heavy atom. The first-order chi connectivity index (χ1) is 21.3. The van der Waals surface area contributed by atoms with Crippen molar-refractivity contribution in [3.05, 3.63) is 58.1 Å². The molecule has 2 aliphatic carbocycles. The molecule has 0 atom stereocenters. The van der Waals surface area contributed by atoms with Gasteiger partial charge in [0.1, 0.15) is 18.9 Å². The second-order valence-electron chi connectivity index (χ2n) is 13.0. The molecule has 0 radical (unpaired) electrons. The predicted octanol–water partition coefficient (Wildman–Crippen LogP) is 6.77. The summed E-state index contributed by atoms with van der Waals surface area (Å²) in [7, 11) is 0. The summed E-state index contributed by atoms with van der Waals surface area (Å²) < 4.78 is 11.7. The maximum absolute atomic E-state index is 13.5. The van der Waals surface area contributed by atoms with Crippen LogP contribution in [0.3, 0.4) is 0 Å². The number of esters is 1. The van der Waals surface area contributed by atoms with Crippen LogP contribution in [0.2, 0.25) is 0 Å². The minimum atomic E-state index is -0.349. The fourth-order valence-electron chi connectivity index (χ4n) is 7.26. The van der Waals surface area contributed by atoms with Crippen molar-refractivity contribution >= 4 is 23.5 Å². The Hall–Kier alpha value is -3.55. The van der Waals surface area contributed by atoms with Crippen molar-refractivity contribution in [2.24, 2.45) is 10.7 Å². The lowest BCUT2D eigenvalue weighted by atomic mass is 9.88. The van der Waals surface area contributed by atoms with E-state index in [2.05, 4.69) is 28.9 Å². The maximum Gasteiger partial charge on any atom is 0.325 e. The molecular weight excluding hydrogens is 552 g/mol. The van der Waals surface area contributed by atoms with Crippen molar-refractivity contribution in [2.45, 2.75) is 123 Å². The lowest BCUT2D eigenvalue weighted by Crippen LogP contribution is -2.48. The number of aliphatic imine (C=N–C) groups is 1. The molecule has 8 heteroatoms. The molecule has 5 rings (SSSR count). The van der Waals surface area contributed by atoms with Gasteiger partial charge in [0.05, 0.1) is 12.3 Å². The number of aryl methyl sites for hydroxylation is 3. The van der Waals surface area contributed by atoms with Crippen LogP contribution in [0.25, 0.3) is 0 Å². The van der Waals surface area contributed by atoms with Crippen LogP contribution >= 0.6 is 0 Å². The smallest absolute Gasteiger partial charge is 0.325 e. The standard InChI is InChI=1S/C36H50N4O4/c1-25-19-26(2)32(27(3)20-25)24-44-35(42)23-39-22-28-21-31(16-17-33(28)38-36(39)37)43-18-10-15-34(41)40(29-11-6-4-7-12-29)30-13-8-5-9-14-30/h16-17,19-21,29-30H,4-15,18,22-24H2,1-3H3,(H2,37,38). The number of carbonyl (C=O) groups excluding carboxylic acids is 2. The number of hydrogen-bond donors (Lipinski definition) is 1. The summed E-state index contributed by atoms with van der Waals surface area (Å²) in [6.45, 7) is 7.31. The molecule has 2 aromatic rings. The SMILES string of the molecule is Cc1cc(C)c(COC(=O)CN2Cc3cc(OCCCC(=O)N(C4CCCCC4)C4CCCCC4)ccc3N=C2N)c(C)c1. The molecule has 0 saturated heterocycles. The maximum atomic E-state index is 13.5. The van der Waals surface area contributed by atoms with Crippen molar-refractivity contribution in [1.82, 2.24) is 9.80 Å². The highest BCUT2D eigenvalue weighted by Crippen LogP contribution is 2.32. The van der Waals surface area contributed by atoms with E-state index in [1.807, 2.05) is 32.0 Å². The zero-order valence-corrected chi connectivity index (χ0v) is 26.9. The van der Waals surface area contributed by atoms with Gasteiger partial charge in [0.15, 0.2) is 5.96 Å². The van der Waals surface area contributed by atoms with Crippen LogP contribution in [0.15, 0.2) is 35.3 Å². The molecule has 2 aromatic carbocycles. The second-order valence-corrected chi connectivity index (χ2v) is 13.0. The second kappa shape index (κ2) is 15.0. The van der Waals surface area contributed by atoms with Crippen molar-refractivity contribution < 1.29 is 19.1 Å². The number of nitrogens with zero attached hydrogens (tertiary/aromatic N) is 3. The summed E-state index contributed by atoms with van der Waals surface area (Å²) in [6, 6.07) is 10.8. The molecule has 1 aliphatic heterocycles. The molecule has 1 amide bonds. The highest BCUT2D eigenvalue weighted by Gasteiger charge is 2.32. The van der Waals surface area contributed by atoms with Crippen LogP contribution < -0.4 is 10.5 Å². The quantitative estimate of drug-likeness (QED) is 0.225. The molecule has 8 nitrogen and oxygen atoms in total. The van der Waals surface area contributed by atoms with Crippen LogP contribution in [-0.4, -0.2) is 52.9 Å². The summed E-state index contributed by atoms with van der Waals surface area (Å²) in [5.41, 5.74) is 12.4. The lowest BCUT2D eigenvalue weighted by molar-refractivity contribution is -0.145. The molecule has 1 heterocycles. The Balaban J connectivity index is 1.11. The van der Waals surface area contributed by atoms with Gasteiger partial charge in [-0.25, -0.2) is 4.99 Å². The molecular formula is C36H50N4O4. The fourth-order valence-corrected chi connectivity index (χ4v) is 7.26. The Bertz CT molecular complexity index is 1300. The topological polar surface area (TPSA) is 97.5 Å². The van der Waals surface area contributed by atoms with Gasteiger partial charge < -0.3 is 25.0 Å². The molecule has 2 fully saturated rings. The number of hydrogen-bond acceptors (Lipinski definition) is 7. The van der Waals surface area contributed by atoms with Gasteiger partial charge in [-0.3, -0.25) is 9.59 Å². The largest absolute Gasteiger partial charge is 0.494 e. The van der Waals surface area contributed by atoms with E-state index in [1.165, 1.54) is 44.1 Å². The van der Waals surface area contributed by atoms with E-state index < -0.39 is 0 Å².